The number of nitrogens with zero attached hydrogens (tertiary/aromatic N) is 1. The summed E-state index contributed by atoms with van der Waals surface area (Å²) in [6, 6.07) is 6.80. The lowest BCUT2D eigenvalue weighted by Crippen LogP contribution is -2.38. The van der Waals surface area contributed by atoms with Gasteiger partial charge in [0.25, 0.3) is 5.91 Å². The summed E-state index contributed by atoms with van der Waals surface area (Å²) in [6.45, 7) is 2.62. The van der Waals surface area contributed by atoms with Gasteiger partial charge in [-0.25, -0.2) is 5.84 Å². The molecule has 0 radical (unpaired) electrons. The van der Waals surface area contributed by atoms with Crippen LogP contribution in [0.25, 0.3) is 0 Å². The SMILES string of the molecule is CCCCN(N)C(=O)c1cccc(Cl)c1. The molecule has 0 fully saturated rings. The molecule has 2 N–H and O–H groups in total. The van der Waals surface area contributed by atoms with Crippen molar-refractivity contribution < 1.29 is 4.79 Å². The summed E-state index contributed by atoms with van der Waals surface area (Å²) in [5.74, 6) is 5.44. The molecule has 1 aromatic rings. The molecule has 0 aliphatic carbocycles. The fourth-order valence-corrected chi connectivity index (χ4v) is 1.41. The summed E-state index contributed by atoms with van der Waals surface area (Å²) >= 11 is 5.79. The Kier molecular flexibility index (Phi) is 4.59. The molecule has 1 amide bonds. The molecule has 1 rings (SSSR count). The van der Waals surface area contributed by atoms with Crippen molar-refractivity contribution in [2.24, 2.45) is 5.84 Å². The maximum Gasteiger partial charge on any atom is 0.267 e. The Hall–Kier alpha value is -1.06. The van der Waals surface area contributed by atoms with E-state index >= 15 is 0 Å². The van der Waals surface area contributed by atoms with Gasteiger partial charge in [0, 0.05) is 17.1 Å². The van der Waals surface area contributed by atoms with E-state index in [0.29, 0.717) is 17.1 Å². The van der Waals surface area contributed by atoms with Gasteiger partial charge in [0.2, 0.25) is 0 Å². The molecule has 0 aliphatic heterocycles. The molecule has 0 unspecified atom stereocenters. The fraction of sp³-hybridized carbons (Fsp3) is 0.364. The molecule has 0 saturated heterocycles. The number of hydrogen-bond acceptors (Lipinski definition) is 2. The summed E-state index contributed by atoms with van der Waals surface area (Å²) in [5, 5.41) is 1.78. The largest absolute Gasteiger partial charge is 0.277 e. The predicted octanol–water partition coefficient (Wildman–Crippen LogP) is 2.46. The van der Waals surface area contributed by atoms with E-state index in [0.717, 1.165) is 12.8 Å². The lowest BCUT2D eigenvalue weighted by atomic mass is 10.2. The Morgan fingerprint density at radius 2 is 2.27 bits per heavy atom. The van der Waals surface area contributed by atoms with Crippen molar-refractivity contribution in [2.45, 2.75) is 19.8 Å². The van der Waals surface area contributed by atoms with E-state index in [-0.39, 0.29) is 5.91 Å². The standard InChI is InChI=1S/C11H15ClN2O/c1-2-3-7-14(13)11(15)9-5-4-6-10(12)8-9/h4-6,8H,2-3,7,13H2,1H3. The Bertz CT molecular complexity index is 341. The van der Waals surface area contributed by atoms with Crippen LogP contribution in [0.1, 0.15) is 30.1 Å². The summed E-state index contributed by atoms with van der Waals surface area (Å²) in [6.07, 6.45) is 1.92. The van der Waals surface area contributed by atoms with Crippen LogP contribution in [-0.2, 0) is 0 Å². The molecule has 82 valence electrons. The van der Waals surface area contributed by atoms with Gasteiger partial charge in [-0.3, -0.25) is 9.80 Å². The lowest BCUT2D eigenvalue weighted by molar-refractivity contribution is 0.0753. The van der Waals surface area contributed by atoms with E-state index in [9.17, 15) is 4.79 Å². The average molecular weight is 227 g/mol. The zero-order chi connectivity index (χ0) is 11.3. The van der Waals surface area contributed by atoms with Crippen LogP contribution in [0.15, 0.2) is 24.3 Å². The molecule has 0 aliphatic rings. The van der Waals surface area contributed by atoms with E-state index in [1.54, 1.807) is 24.3 Å². The highest BCUT2D eigenvalue weighted by atomic mass is 35.5. The number of carbonyl (C=O) groups is 1. The van der Waals surface area contributed by atoms with Crippen LogP contribution in [0.3, 0.4) is 0 Å². The molecule has 1 aromatic carbocycles. The third-order valence-electron chi connectivity index (χ3n) is 2.08. The highest BCUT2D eigenvalue weighted by Crippen LogP contribution is 2.11. The van der Waals surface area contributed by atoms with E-state index in [1.807, 2.05) is 0 Å². The monoisotopic (exact) mass is 226 g/mol. The van der Waals surface area contributed by atoms with Gasteiger partial charge in [0.05, 0.1) is 0 Å². The Morgan fingerprint density at radius 3 is 2.87 bits per heavy atom. The number of amides is 1. The first-order valence-electron chi connectivity index (χ1n) is 4.97. The second kappa shape index (κ2) is 5.73. The Balaban J connectivity index is 2.67. The highest BCUT2D eigenvalue weighted by Gasteiger charge is 2.11. The second-order valence-electron chi connectivity index (χ2n) is 3.36. The third-order valence-corrected chi connectivity index (χ3v) is 2.32. The van der Waals surface area contributed by atoms with Gasteiger partial charge < -0.3 is 0 Å². The quantitative estimate of drug-likeness (QED) is 0.487. The first-order chi connectivity index (χ1) is 7.15. The van der Waals surface area contributed by atoms with Crippen molar-refractivity contribution in [2.75, 3.05) is 6.54 Å². The Labute approximate surface area is 94.8 Å². The topological polar surface area (TPSA) is 46.3 Å². The number of hydrazine groups is 1. The molecule has 0 heterocycles. The molecule has 3 nitrogen and oxygen atoms in total. The number of rotatable bonds is 4. The van der Waals surface area contributed by atoms with E-state index in [1.165, 1.54) is 5.01 Å². The number of unbranched alkanes of at least 4 members (excludes halogenated alkanes) is 1. The summed E-state index contributed by atoms with van der Waals surface area (Å²) in [7, 11) is 0. The van der Waals surface area contributed by atoms with Crippen molar-refractivity contribution in [3.8, 4) is 0 Å². The third kappa shape index (κ3) is 3.53. The smallest absolute Gasteiger partial charge is 0.267 e. The van der Waals surface area contributed by atoms with Gasteiger partial charge in [-0.05, 0) is 24.6 Å². The first kappa shape index (κ1) is 12.0. The number of hydrogen-bond donors (Lipinski definition) is 1. The molecular formula is C11H15ClN2O. The van der Waals surface area contributed by atoms with Crippen LogP contribution in [-0.4, -0.2) is 17.5 Å². The highest BCUT2D eigenvalue weighted by molar-refractivity contribution is 6.30. The average Bonchev–Trinajstić information content (AvgIpc) is 2.24. The van der Waals surface area contributed by atoms with Gasteiger partial charge >= 0.3 is 0 Å². The van der Waals surface area contributed by atoms with Crippen molar-refractivity contribution in [3.05, 3.63) is 34.9 Å². The minimum Gasteiger partial charge on any atom is -0.277 e. The minimum absolute atomic E-state index is 0.189. The van der Waals surface area contributed by atoms with Crippen LogP contribution >= 0.6 is 11.6 Å². The number of benzene rings is 1. The van der Waals surface area contributed by atoms with E-state index in [4.69, 9.17) is 17.4 Å². The Morgan fingerprint density at radius 1 is 1.53 bits per heavy atom. The normalized spacial score (nSPS) is 10.1. The molecule has 0 bridgehead atoms. The summed E-state index contributed by atoms with van der Waals surface area (Å²) in [4.78, 5) is 11.7. The van der Waals surface area contributed by atoms with Crippen LogP contribution < -0.4 is 5.84 Å². The van der Waals surface area contributed by atoms with Crippen LogP contribution in [0, 0.1) is 0 Å². The van der Waals surface area contributed by atoms with Crippen molar-refractivity contribution >= 4 is 17.5 Å². The minimum atomic E-state index is -0.189. The zero-order valence-corrected chi connectivity index (χ0v) is 9.50. The maximum atomic E-state index is 11.7. The van der Waals surface area contributed by atoms with Crippen LogP contribution in [0.2, 0.25) is 5.02 Å². The fourth-order valence-electron chi connectivity index (χ4n) is 1.22. The van der Waals surface area contributed by atoms with E-state index < -0.39 is 0 Å². The first-order valence-corrected chi connectivity index (χ1v) is 5.35. The molecule has 0 saturated carbocycles. The predicted molar refractivity (Wildman–Crippen MR) is 61.6 cm³/mol. The van der Waals surface area contributed by atoms with Crippen LogP contribution in [0.4, 0.5) is 0 Å². The molecule has 0 spiro atoms. The van der Waals surface area contributed by atoms with Crippen molar-refractivity contribution in [1.29, 1.82) is 0 Å². The van der Waals surface area contributed by atoms with Gasteiger partial charge in [0.15, 0.2) is 0 Å². The molecule has 15 heavy (non-hydrogen) atoms. The molecular weight excluding hydrogens is 212 g/mol. The summed E-state index contributed by atoms with van der Waals surface area (Å²) in [5.41, 5.74) is 0.529. The van der Waals surface area contributed by atoms with Crippen LogP contribution in [0.5, 0.6) is 0 Å². The summed E-state index contributed by atoms with van der Waals surface area (Å²) < 4.78 is 0. The number of nitrogens with two attached hydrogens (primary N) is 1. The van der Waals surface area contributed by atoms with Gasteiger partial charge in [-0.1, -0.05) is 31.0 Å². The zero-order valence-electron chi connectivity index (χ0n) is 8.74. The van der Waals surface area contributed by atoms with Crippen molar-refractivity contribution in [3.63, 3.8) is 0 Å². The molecule has 0 aromatic heterocycles. The molecule has 4 heteroatoms. The van der Waals surface area contributed by atoms with E-state index in [2.05, 4.69) is 6.92 Å². The lowest BCUT2D eigenvalue weighted by Gasteiger charge is -2.16. The van der Waals surface area contributed by atoms with Gasteiger partial charge in [-0.2, -0.15) is 0 Å². The maximum absolute atomic E-state index is 11.7. The second-order valence-corrected chi connectivity index (χ2v) is 3.80. The van der Waals surface area contributed by atoms with Crippen molar-refractivity contribution in [1.82, 2.24) is 5.01 Å². The molecule has 0 atom stereocenters. The number of carbonyl (C=O) groups excluding carboxylic acids is 1. The van der Waals surface area contributed by atoms with Gasteiger partial charge in [-0.15, -0.1) is 0 Å². The number of halogens is 1. The van der Waals surface area contributed by atoms with Gasteiger partial charge in [0.1, 0.15) is 0 Å².